The molecule has 0 aliphatic carbocycles. The molecule has 0 saturated carbocycles. The Balaban J connectivity index is 1.40. The molecule has 0 spiro atoms. The largest absolute Gasteiger partial charge is 0.454 e. The normalized spacial score (nSPS) is 11.8. The quantitative estimate of drug-likeness (QED) is 0.699. The van der Waals surface area contributed by atoms with Gasteiger partial charge in [0.05, 0.1) is 0 Å². The van der Waals surface area contributed by atoms with E-state index in [1.807, 2.05) is 43.3 Å². The monoisotopic (exact) mass is 389 g/mol. The zero-order chi connectivity index (χ0) is 20.2. The van der Waals surface area contributed by atoms with E-state index in [-0.39, 0.29) is 30.0 Å². The minimum absolute atomic E-state index is 0.168. The molecule has 0 saturated heterocycles. The Morgan fingerprint density at radius 1 is 0.931 bits per heavy atom. The van der Waals surface area contributed by atoms with E-state index in [9.17, 15) is 9.59 Å². The van der Waals surface area contributed by atoms with Crippen LogP contribution in [0.2, 0.25) is 0 Å². The molecule has 0 radical (unpaired) electrons. The lowest BCUT2D eigenvalue weighted by Crippen LogP contribution is -2.25. The summed E-state index contributed by atoms with van der Waals surface area (Å²) >= 11 is 0. The van der Waals surface area contributed by atoms with Crippen molar-refractivity contribution in [2.75, 3.05) is 12.1 Å². The van der Waals surface area contributed by atoms with Crippen LogP contribution in [0.3, 0.4) is 0 Å². The van der Waals surface area contributed by atoms with E-state index >= 15 is 0 Å². The molecule has 1 aromatic heterocycles. The predicted molar refractivity (Wildman–Crippen MR) is 107 cm³/mol. The number of rotatable bonds is 5. The Kier molecular flexibility index (Phi) is 5.11. The van der Waals surface area contributed by atoms with Crippen molar-refractivity contribution < 1.29 is 19.1 Å². The summed E-state index contributed by atoms with van der Waals surface area (Å²) in [6.45, 7) is 2.47. The molecule has 0 atom stereocenters. The molecule has 3 aromatic rings. The summed E-state index contributed by atoms with van der Waals surface area (Å²) in [5.41, 5.74) is 2.97. The number of nitrogens with one attached hydrogen (secondary N) is 2. The van der Waals surface area contributed by atoms with Gasteiger partial charge in [0.1, 0.15) is 11.4 Å². The molecule has 146 valence electrons. The average Bonchev–Trinajstić information content (AvgIpc) is 3.21. The van der Waals surface area contributed by atoms with Crippen molar-refractivity contribution >= 4 is 17.5 Å². The molecule has 2 N–H and O–H groups in total. The van der Waals surface area contributed by atoms with Gasteiger partial charge in [-0.25, -0.2) is 4.98 Å². The van der Waals surface area contributed by atoms with Crippen LogP contribution in [0.5, 0.6) is 11.5 Å². The minimum Gasteiger partial charge on any atom is -0.454 e. The third-order valence-electron chi connectivity index (χ3n) is 4.41. The van der Waals surface area contributed by atoms with Crippen LogP contribution >= 0.6 is 0 Å². The highest BCUT2D eigenvalue weighted by molar-refractivity contribution is 6.03. The number of fused-ring (bicyclic) bond motifs is 1. The number of ether oxygens (including phenoxy) is 2. The Morgan fingerprint density at radius 3 is 2.45 bits per heavy atom. The number of anilines is 1. The summed E-state index contributed by atoms with van der Waals surface area (Å²) in [6, 6.07) is 17.7. The van der Waals surface area contributed by atoms with Crippen molar-refractivity contribution in [3.8, 4) is 11.5 Å². The number of pyridine rings is 1. The summed E-state index contributed by atoms with van der Waals surface area (Å²) in [7, 11) is 0. The second-order valence-electron chi connectivity index (χ2n) is 6.60. The first-order valence-electron chi connectivity index (χ1n) is 9.10. The molecule has 0 unspecified atom stereocenters. The molecule has 7 heteroatoms. The molecule has 7 nitrogen and oxygen atoms in total. The highest BCUT2D eigenvalue weighted by atomic mass is 16.7. The van der Waals surface area contributed by atoms with Crippen LogP contribution in [-0.4, -0.2) is 23.6 Å². The standard InChI is InChI=1S/C22H19N3O4/c1-14-5-8-16(9-6-14)24-22(27)18-4-2-3-17(25-18)21(26)23-12-15-7-10-19-20(11-15)29-13-28-19/h2-11H,12-13H2,1H3,(H,23,26)(H,24,27). The Bertz CT molecular complexity index is 1060. The number of amides is 2. The third-order valence-corrected chi connectivity index (χ3v) is 4.41. The van der Waals surface area contributed by atoms with E-state index in [0.717, 1.165) is 11.1 Å². The smallest absolute Gasteiger partial charge is 0.274 e. The van der Waals surface area contributed by atoms with Crippen LogP contribution in [0, 0.1) is 6.92 Å². The second-order valence-corrected chi connectivity index (χ2v) is 6.60. The van der Waals surface area contributed by atoms with E-state index < -0.39 is 0 Å². The van der Waals surface area contributed by atoms with Crippen LogP contribution in [-0.2, 0) is 6.54 Å². The fraction of sp³-hybridized carbons (Fsp3) is 0.136. The van der Waals surface area contributed by atoms with Crippen LogP contribution in [0.15, 0.2) is 60.7 Å². The van der Waals surface area contributed by atoms with Crippen LogP contribution in [0.4, 0.5) is 5.69 Å². The summed E-state index contributed by atoms with van der Waals surface area (Å²) in [5, 5.41) is 5.57. The predicted octanol–water partition coefficient (Wildman–Crippen LogP) is 3.30. The zero-order valence-electron chi connectivity index (χ0n) is 15.8. The third kappa shape index (κ3) is 4.35. The van der Waals surface area contributed by atoms with Gasteiger partial charge in [-0.3, -0.25) is 9.59 Å². The first kappa shape index (κ1) is 18.5. The van der Waals surface area contributed by atoms with Gasteiger partial charge in [0.2, 0.25) is 6.79 Å². The molecule has 1 aliphatic heterocycles. The summed E-state index contributed by atoms with van der Waals surface area (Å²) in [5.74, 6) is 0.602. The number of carbonyl (C=O) groups is 2. The fourth-order valence-electron chi connectivity index (χ4n) is 2.84. The van der Waals surface area contributed by atoms with Crippen molar-refractivity contribution in [2.45, 2.75) is 13.5 Å². The molecule has 29 heavy (non-hydrogen) atoms. The van der Waals surface area contributed by atoms with Crippen molar-refractivity contribution in [1.29, 1.82) is 0 Å². The van der Waals surface area contributed by atoms with Crippen LogP contribution < -0.4 is 20.1 Å². The van der Waals surface area contributed by atoms with Gasteiger partial charge in [0.25, 0.3) is 11.8 Å². The maximum atomic E-state index is 12.5. The van der Waals surface area contributed by atoms with E-state index in [4.69, 9.17) is 9.47 Å². The van der Waals surface area contributed by atoms with E-state index in [2.05, 4.69) is 15.6 Å². The highest BCUT2D eigenvalue weighted by Crippen LogP contribution is 2.32. The number of benzene rings is 2. The first-order valence-corrected chi connectivity index (χ1v) is 9.10. The van der Waals surface area contributed by atoms with Gasteiger partial charge in [0.15, 0.2) is 11.5 Å². The maximum absolute atomic E-state index is 12.5. The number of aryl methyl sites for hydroxylation is 1. The van der Waals surface area contributed by atoms with E-state index in [1.54, 1.807) is 24.3 Å². The topological polar surface area (TPSA) is 89.6 Å². The summed E-state index contributed by atoms with van der Waals surface area (Å²) in [6.07, 6.45) is 0. The first-order chi connectivity index (χ1) is 14.1. The summed E-state index contributed by atoms with van der Waals surface area (Å²) in [4.78, 5) is 29.1. The molecule has 2 heterocycles. The van der Waals surface area contributed by atoms with Crippen LogP contribution in [0.25, 0.3) is 0 Å². The second kappa shape index (κ2) is 8.02. The molecule has 0 bridgehead atoms. The number of hydrogen-bond acceptors (Lipinski definition) is 5. The van der Waals surface area contributed by atoms with Gasteiger partial charge in [-0.2, -0.15) is 0 Å². The van der Waals surface area contributed by atoms with Gasteiger partial charge in [-0.1, -0.05) is 29.8 Å². The summed E-state index contributed by atoms with van der Waals surface area (Å²) < 4.78 is 10.6. The molecule has 0 fully saturated rings. The number of nitrogens with zero attached hydrogens (tertiary/aromatic N) is 1. The molecule has 2 amide bonds. The lowest BCUT2D eigenvalue weighted by molar-refractivity contribution is 0.0945. The lowest BCUT2D eigenvalue weighted by Gasteiger charge is -2.08. The van der Waals surface area contributed by atoms with Crippen molar-refractivity contribution in [3.63, 3.8) is 0 Å². The highest BCUT2D eigenvalue weighted by Gasteiger charge is 2.15. The van der Waals surface area contributed by atoms with E-state index in [1.165, 1.54) is 0 Å². The molecule has 4 rings (SSSR count). The van der Waals surface area contributed by atoms with Gasteiger partial charge >= 0.3 is 0 Å². The van der Waals surface area contributed by atoms with Gasteiger partial charge < -0.3 is 20.1 Å². The Labute approximate surface area is 167 Å². The molecule has 2 aromatic carbocycles. The Hall–Kier alpha value is -3.87. The van der Waals surface area contributed by atoms with Gasteiger partial charge in [-0.15, -0.1) is 0 Å². The number of carbonyl (C=O) groups excluding carboxylic acids is 2. The molecular weight excluding hydrogens is 370 g/mol. The zero-order valence-corrected chi connectivity index (χ0v) is 15.8. The molecule has 1 aliphatic rings. The number of aromatic nitrogens is 1. The van der Waals surface area contributed by atoms with Gasteiger partial charge in [-0.05, 0) is 48.9 Å². The number of hydrogen-bond donors (Lipinski definition) is 2. The minimum atomic E-state index is -0.376. The lowest BCUT2D eigenvalue weighted by atomic mass is 10.2. The van der Waals surface area contributed by atoms with Crippen molar-refractivity contribution in [3.05, 3.63) is 83.2 Å². The SMILES string of the molecule is Cc1ccc(NC(=O)c2cccc(C(=O)NCc3ccc4c(c3)OCO4)n2)cc1. The average molecular weight is 389 g/mol. The fourth-order valence-corrected chi connectivity index (χ4v) is 2.84. The van der Waals surface area contributed by atoms with Gasteiger partial charge in [0, 0.05) is 12.2 Å². The molecular formula is C22H19N3O4. The van der Waals surface area contributed by atoms with Crippen molar-refractivity contribution in [1.82, 2.24) is 10.3 Å². The Morgan fingerprint density at radius 2 is 1.66 bits per heavy atom. The van der Waals surface area contributed by atoms with E-state index in [0.29, 0.717) is 23.7 Å². The maximum Gasteiger partial charge on any atom is 0.274 e. The van der Waals surface area contributed by atoms with Crippen LogP contribution in [0.1, 0.15) is 32.1 Å². The van der Waals surface area contributed by atoms with Crippen molar-refractivity contribution in [2.24, 2.45) is 0 Å².